The molecule has 5 heteroatoms. The van der Waals surface area contributed by atoms with Gasteiger partial charge in [-0.1, -0.05) is 24.3 Å². The highest BCUT2D eigenvalue weighted by molar-refractivity contribution is 7.11. The Morgan fingerprint density at radius 3 is 2.72 bits per heavy atom. The molecule has 0 fully saturated rings. The summed E-state index contributed by atoms with van der Waals surface area (Å²) in [7, 11) is 1.60. The Kier molecular flexibility index (Phi) is 5.34. The molecule has 3 rings (SSSR count). The molecule has 1 aliphatic rings. The first-order valence-corrected chi connectivity index (χ1v) is 9.11. The molecular formula is C20H20O4S. The van der Waals surface area contributed by atoms with Crippen molar-refractivity contribution in [1.29, 1.82) is 0 Å². The molecule has 0 saturated carbocycles. The zero-order valence-corrected chi connectivity index (χ0v) is 15.0. The number of ketones is 1. The number of hydrogen-bond acceptors (Lipinski definition) is 5. The fourth-order valence-corrected chi connectivity index (χ4v) is 4.04. The summed E-state index contributed by atoms with van der Waals surface area (Å²) in [6, 6.07) is 11.5. The quantitative estimate of drug-likeness (QED) is 0.598. The van der Waals surface area contributed by atoms with Crippen molar-refractivity contribution in [3.63, 3.8) is 0 Å². The third-order valence-corrected chi connectivity index (χ3v) is 5.33. The normalized spacial score (nSPS) is 20.1. The van der Waals surface area contributed by atoms with Gasteiger partial charge < -0.3 is 9.47 Å². The van der Waals surface area contributed by atoms with Crippen molar-refractivity contribution in [3.05, 3.63) is 58.3 Å². The maximum Gasteiger partial charge on any atom is 0.317 e. The lowest BCUT2D eigenvalue weighted by Crippen LogP contribution is -2.34. The van der Waals surface area contributed by atoms with Gasteiger partial charge in [-0.3, -0.25) is 9.59 Å². The lowest BCUT2D eigenvalue weighted by atomic mass is 9.74. The second-order valence-electron chi connectivity index (χ2n) is 5.83. The first kappa shape index (κ1) is 17.4. The zero-order chi connectivity index (χ0) is 17.8. The van der Waals surface area contributed by atoms with Crippen LogP contribution in [0.15, 0.2) is 47.9 Å². The Balaban J connectivity index is 2.05. The summed E-state index contributed by atoms with van der Waals surface area (Å²) >= 11 is 1.59. The van der Waals surface area contributed by atoms with Crippen molar-refractivity contribution >= 4 is 28.7 Å². The second-order valence-corrected chi connectivity index (χ2v) is 6.78. The van der Waals surface area contributed by atoms with Crippen molar-refractivity contribution < 1.29 is 19.1 Å². The molecular weight excluding hydrogens is 336 g/mol. The molecule has 4 nitrogen and oxygen atoms in total. The molecule has 2 aromatic rings. The predicted octanol–water partition coefficient (Wildman–Crippen LogP) is 4.08. The van der Waals surface area contributed by atoms with E-state index in [1.54, 1.807) is 31.4 Å². The maximum absolute atomic E-state index is 12.8. The first-order chi connectivity index (χ1) is 12.2. The van der Waals surface area contributed by atoms with Crippen LogP contribution in [-0.4, -0.2) is 25.5 Å². The topological polar surface area (TPSA) is 52.6 Å². The third kappa shape index (κ3) is 3.51. The Bertz CT molecular complexity index is 792. The van der Waals surface area contributed by atoms with Crippen LogP contribution in [0.1, 0.15) is 29.7 Å². The van der Waals surface area contributed by atoms with Crippen LogP contribution in [-0.2, 0) is 14.3 Å². The number of methoxy groups -OCH3 is 1. The van der Waals surface area contributed by atoms with E-state index in [-0.39, 0.29) is 18.3 Å². The first-order valence-electron chi connectivity index (χ1n) is 8.23. The van der Waals surface area contributed by atoms with Crippen LogP contribution < -0.4 is 4.74 Å². The molecule has 130 valence electrons. The Hall–Kier alpha value is -2.40. The van der Waals surface area contributed by atoms with E-state index >= 15 is 0 Å². The highest BCUT2D eigenvalue weighted by Gasteiger charge is 2.40. The van der Waals surface area contributed by atoms with E-state index in [1.165, 1.54) is 0 Å². The van der Waals surface area contributed by atoms with Gasteiger partial charge in [0.15, 0.2) is 5.78 Å². The van der Waals surface area contributed by atoms with Crippen LogP contribution in [0.4, 0.5) is 0 Å². The fourth-order valence-electron chi connectivity index (χ4n) is 3.28. The van der Waals surface area contributed by atoms with Gasteiger partial charge in [0.05, 0.1) is 13.7 Å². The number of ether oxygens (including phenoxy) is 2. The molecule has 2 atom stereocenters. The van der Waals surface area contributed by atoms with E-state index in [9.17, 15) is 9.59 Å². The molecule has 1 aromatic carbocycles. The van der Waals surface area contributed by atoms with E-state index in [2.05, 4.69) is 0 Å². The largest absolute Gasteiger partial charge is 0.496 e. The molecule has 1 heterocycles. The smallest absolute Gasteiger partial charge is 0.317 e. The van der Waals surface area contributed by atoms with Gasteiger partial charge >= 0.3 is 5.97 Å². The van der Waals surface area contributed by atoms with E-state index < -0.39 is 11.9 Å². The summed E-state index contributed by atoms with van der Waals surface area (Å²) < 4.78 is 10.6. The van der Waals surface area contributed by atoms with Gasteiger partial charge in [-0.15, -0.1) is 11.3 Å². The summed E-state index contributed by atoms with van der Waals surface area (Å²) in [6.45, 7) is 2.00. The number of carbonyl (C=O) groups is 2. The number of para-hydroxylation sites is 1. The summed E-state index contributed by atoms with van der Waals surface area (Å²) in [4.78, 5) is 26.3. The van der Waals surface area contributed by atoms with Crippen LogP contribution in [0.3, 0.4) is 0 Å². The number of thiophene rings is 1. The number of carbonyl (C=O) groups excluding carboxylic acids is 2. The van der Waals surface area contributed by atoms with E-state index in [4.69, 9.17) is 9.47 Å². The number of hydrogen-bond donors (Lipinski definition) is 0. The summed E-state index contributed by atoms with van der Waals surface area (Å²) in [5.74, 6) is -1.12. The monoisotopic (exact) mass is 356 g/mol. The SMILES string of the molecule is CCOC(=O)[C@H]1C(=O)C=C(c2cccs2)C[C@@H]1c1ccccc1OC. The minimum absolute atomic E-state index is 0.205. The predicted molar refractivity (Wildman–Crippen MR) is 97.8 cm³/mol. The minimum atomic E-state index is -0.833. The van der Waals surface area contributed by atoms with E-state index in [1.807, 2.05) is 41.8 Å². The van der Waals surface area contributed by atoms with Crippen molar-refractivity contribution in [3.8, 4) is 5.75 Å². The lowest BCUT2D eigenvalue weighted by Gasteiger charge is -2.30. The minimum Gasteiger partial charge on any atom is -0.496 e. The van der Waals surface area contributed by atoms with Crippen molar-refractivity contribution in [2.24, 2.45) is 5.92 Å². The molecule has 25 heavy (non-hydrogen) atoms. The maximum atomic E-state index is 12.8. The molecule has 1 aromatic heterocycles. The third-order valence-electron chi connectivity index (χ3n) is 4.38. The number of esters is 1. The summed E-state index contributed by atoms with van der Waals surface area (Å²) in [6.07, 6.45) is 2.19. The van der Waals surface area contributed by atoms with Gasteiger partial charge in [0.2, 0.25) is 0 Å². The number of rotatable bonds is 5. The van der Waals surface area contributed by atoms with Crippen LogP contribution >= 0.6 is 11.3 Å². The molecule has 0 radical (unpaired) electrons. The van der Waals surface area contributed by atoms with Crippen molar-refractivity contribution in [1.82, 2.24) is 0 Å². The Morgan fingerprint density at radius 2 is 2.04 bits per heavy atom. The Labute approximate surface area is 151 Å². The van der Waals surface area contributed by atoms with Gasteiger partial charge in [-0.05, 0) is 48.1 Å². The molecule has 0 N–H and O–H groups in total. The van der Waals surface area contributed by atoms with Gasteiger partial charge in [-0.25, -0.2) is 0 Å². The van der Waals surface area contributed by atoms with E-state index in [0.29, 0.717) is 12.2 Å². The zero-order valence-electron chi connectivity index (χ0n) is 14.2. The average molecular weight is 356 g/mol. The van der Waals surface area contributed by atoms with Crippen LogP contribution in [0, 0.1) is 5.92 Å². The number of benzene rings is 1. The molecule has 0 spiro atoms. The van der Waals surface area contributed by atoms with Gasteiger partial charge in [0, 0.05) is 10.8 Å². The van der Waals surface area contributed by atoms with Gasteiger partial charge in [0.25, 0.3) is 0 Å². The van der Waals surface area contributed by atoms with Crippen LogP contribution in [0.2, 0.25) is 0 Å². The highest BCUT2D eigenvalue weighted by Crippen LogP contribution is 2.43. The van der Waals surface area contributed by atoms with Crippen LogP contribution in [0.5, 0.6) is 5.75 Å². The van der Waals surface area contributed by atoms with Gasteiger partial charge in [-0.2, -0.15) is 0 Å². The van der Waals surface area contributed by atoms with Crippen molar-refractivity contribution in [2.75, 3.05) is 13.7 Å². The summed E-state index contributed by atoms with van der Waals surface area (Å²) in [5, 5.41) is 1.98. The molecule has 0 unspecified atom stereocenters. The average Bonchev–Trinajstić information content (AvgIpc) is 3.15. The standard InChI is InChI=1S/C20H20O4S/c1-3-24-20(22)19-15(14-7-4-5-8-17(14)23-2)11-13(12-16(19)21)18-9-6-10-25-18/h4-10,12,15,19H,3,11H2,1-2H3/t15-,19-/m1/s1. The molecule has 0 amide bonds. The van der Waals surface area contributed by atoms with Crippen LogP contribution in [0.25, 0.3) is 5.57 Å². The highest BCUT2D eigenvalue weighted by atomic mass is 32.1. The van der Waals surface area contributed by atoms with E-state index in [0.717, 1.165) is 16.0 Å². The molecule has 0 bridgehead atoms. The Morgan fingerprint density at radius 1 is 1.24 bits per heavy atom. The summed E-state index contributed by atoms with van der Waals surface area (Å²) in [5.41, 5.74) is 1.81. The number of allylic oxidation sites excluding steroid dienone is 2. The lowest BCUT2D eigenvalue weighted by molar-refractivity contribution is -0.151. The molecule has 0 aliphatic heterocycles. The molecule has 1 aliphatic carbocycles. The fraction of sp³-hybridized carbons (Fsp3) is 0.300. The van der Waals surface area contributed by atoms with Gasteiger partial charge in [0.1, 0.15) is 11.7 Å². The molecule has 0 saturated heterocycles. The second kappa shape index (κ2) is 7.66. The van der Waals surface area contributed by atoms with Crippen molar-refractivity contribution in [2.45, 2.75) is 19.3 Å².